The van der Waals surface area contributed by atoms with Gasteiger partial charge in [-0.25, -0.2) is 0 Å². The van der Waals surface area contributed by atoms with Crippen molar-refractivity contribution >= 4 is 11.8 Å². The Hall–Kier alpha value is -1.32. The Bertz CT molecular complexity index is 226. The Balaban J connectivity index is 2.51. The zero-order valence-corrected chi connectivity index (χ0v) is 7.58. The average Bonchev–Trinajstić information content (AvgIpc) is 2.30. The van der Waals surface area contributed by atoms with Crippen LogP contribution in [0.2, 0.25) is 0 Å². The lowest BCUT2D eigenvalue weighted by atomic mass is 10.3. The van der Waals surface area contributed by atoms with Crippen molar-refractivity contribution in [3.05, 3.63) is 12.7 Å². The van der Waals surface area contributed by atoms with Crippen molar-refractivity contribution in [3.8, 4) is 0 Å². The molecule has 0 saturated carbocycles. The van der Waals surface area contributed by atoms with Gasteiger partial charge in [0.25, 0.3) is 0 Å². The Labute approximate surface area is 77.6 Å². The Morgan fingerprint density at radius 2 is 2.46 bits per heavy atom. The van der Waals surface area contributed by atoms with Gasteiger partial charge < -0.3 is 10.2 Å². The van der Waals surface area contributed by atoms with Crippen molar-refractivity contribution in [3.63, 3.8) is 0 Å². The Kier molecular flexibility index (Phi) is 3.49. The molecule has 1 aliphatic rings. The molecule has 1 heterocycles. The molecule has 4 heteroatoms. The summed E-state index contributed by atoms with van der Waals surface area (Å²) in [5.74, 6) is -0.0954. The summed E-state index contributed by atoms with van der Waals surface area (Å²) in [6.45, 7) is 5.00. The molecule has 4 nitrogen and oxygen atoms in total. The molecule has 0 spiro atoms. The maximum Gasteiger partial charge on any atom is 0.239 e. The van der Waals surface area contributed by atoms with Gasteiger partial charge in [-0.1, -0.05) is 6.08 Å². The minimum atomic E-state index is -0.0742. The first-order valence-corrected chi connectivity index (χ1v) is 4.39. The topological polar surface area (TPSA) is 49.4 Å². The van der Waals surface area contributed by atoms with Crippen molar-refractivity contribution < 1.29 is 9.59 Å². The van der Waals surface area contributed by atoms with E-state index in [2.05, 4.69) is 11.9 Å². The van der Waals surface area contributed by atoms with Gasteiger partial charge in [-0.3, -0.25) is 9.59 Å². The molecule has 1 aliphatic heterocycles. The van der Waals surface area contributed by atoms with Crippen molar-refractivity contribution in [2.75, 3.05) is 19.6 Å². The van der Waals surface area contributed by atoms with E-state index in [9.17, 15) is 9.59 Å². The normalized spacial score (nSPS) is 17.5. The fourth-order valence-corrected chi connectivity index (χ4v) is 1.27. The quantitative estimate of drug-likeness (QED) is 0.607. The molecular formula is C9H14N2O2. The number of carbonyl (C=O) groups is 2. The molecule has 72 valence electrons. The van der Waals surface area contributed by atoms with Crippen LogP contribution in [0.25, 0.3) is 0 Å². The lowest BCUT2D eigenvalue weighted by Crippen LogP contribution is -2.36. The molecular weight excluding hydrogens is 168 g/mol. The van der Waals surface area contributed by atoms with E-state index in [0.29, 0.717) is 19.5 Å². The van der Waals surface area contributed by atoms with Crippen LogP contribution in [0, 0.1) is 0 Å². The van der Waals surface area contributed by atoms with Crippen LogP contribution in [0.3, 0.4) is 0 Å². The molecule has 0 bridgehead atoms. The number of hydrogen-bond acceptors (Lipinski definition) is 2. The van der Waals surface area contributed by atoms with Gasteiger partial charge in [0.15, 0.2) is 0 Å². The molecule has 0 aliphatic carbocycles. The van der Waals surface area contributed by atoms with Gasteiger partial charge in [0, 0.05) is 19.5 Å². The zero-order chi connectivity index (χ0) is 9.68. The predicted octanol–water partition coefficient (Wildman–Crippen LogP) is -0.0890. The van der Waals surface area contributed by atoms with Crippen LogP contribution in [-0.4, -0.2) is 36.3 Å². The third-order valence-corrected chi connectivity index (χ3v) is 1.93. The molecule has 0 aromatic heterocycles. The molecule has 1 N–H and O–H groups in total. The number of rotatable bonds is 2. The van der Waals surface area contributed by atoms with Crippen molar-refractivity contribution in [1.29, 1.82) is 0 Å². The van der Waals surface area contributed by atoms with Gasteiger partial charge in [-0.05, 0) is 6.42 Å². The fourth-order valence-electron chi connectivity index (χ4n) is 1.27. The molecule has 1 saturated heterocycles. The smallest absolute Gasteiger partial charge is 0.239 e. The third-order valence-electron chi connectivity index (χ3n) is 1.93. The van der Waals surface area contributed by atoms with Crippen molar-refractivity contribution in [1.82, 2.24) is 10.2 Å². The minimum absolute atomic E-state index is 0.0212. The maximum absolute atomic E-state index is 11.4. The van der Waals surface area contributed by atoms with E-state index in [1.54, 1.807) is 11.0 Å². The summed E-state index contributed by atoms with van der Waals surface area (Å²) >= 11 is 0. The van der Waals surface area contributed by atoms with E-state index in [1.165, 1.54) is 0 Å². The maximum atomic E-state index is 11.4. The van der Waals surface area contributed by atoms with Crippen LogP contribution in [-0.2, 0) is 9.59 Å². The fraction of sp³-hybridized carbons (Fsp3) is 0.556. The second kappa shape index (κ2) is 4.64. The van der Waals surface area contributed by atoms with Crippen LogP contribution >= 0.6 is 0 Å². The summed E-state index contributed by atoms with van der Waals surface area (Å²) in [5, 5.41) is 2.71. The van der Waals surface area contributed by atoms with E-state index in [0.717, 1.165) is 6.42 Å². The van der Waals surface area contributed by atoms with Gasteiger partial charge >= 0.3 is 0 Å². The standard InChI is InChI=1S/C9H14N2O2/c1-2-4-9(13)11-6-3-5-10-8(12)7-11/h2H,1,3-7H2,(H,10,12). The van der Waals surface area contributed by atoms with Crippen LogP contribution in [0.5, 0.6) is 0 Å². The summed E-state index contributed by atoms with van der Waals surface area (Å²) in [7, 11) is 0. The first-order chi connectivity index (χ1) is 6.24. The van der Waals surface area contributed by atoms with Crippen molar-refractivity contribution in [2.24, 2.45) is 0 Å². The predicted molar refractivity (Wildman–Crippen MR) is 49.0 cm³/mol. The van der Waals surface area contributed by atoms with Crippen LogP contribution in [0.1, 0.15) is 12.8 Å². The second-order valence-electron chi connectivity index (χ2n) is 3.01. The minimum Gasteiger partial charge on any atom is -0.354 e. The zero-order valence-electron chi connectivity index (χ0n) is 7.58. The SMILES string of the molecule is C=CCC(=O)N1CCCNC(=O)C1. The number of hydrogen-bond donors (Lipinski definition) is 1. The summed E-state index contributed by atoms with van der Waals surface area (Å²) < 4.78 is 0. The number of carbonyl (C=O) groups excluding carboxylic acids is 2. The van der Waals surface area contributed by atoms with E-state index < -0.39 is 0 Å². The van der Waals surface area contributed by atoms with Crippen molar-refractivity contribution in [2.45, 2.75) is 12.8 Å². The number of nitrogens with one attached hydrogen (secondary N) is 1. The van der Waals surface area contributed by atoms with E-state index in [4.69, 9.17) is 0 Å². The van der Waals surface area contributed by atoms with E-state index >= 15 is 0 Å². The molecule has 0 radical (unpaired) electrons. The van der Waals surface area contributed by atoms with Gasteiger partial charge in [-0.15, -0.1) is 6.58 Å². The highest BCUT2D eigenvalue weighted by Gasteiger charge is 2.17. The molecule has 2 amide bonds. The Morgan fingerprint density at radius 3 is 3.15 bits per heavy atom. The first-order valence-electron chi connectivity index (χ1n) is 4.39. The summed E-state index contributed by atoms with van der Waals surface area (Å²) in [5.41, 5.74) is 0. The van der Waals surface area contributed by atoms with Crippen LogP contribution in [0.15, 0.2) is 12.7 Å². The molecule has 0 aromatic rings. The molecule has 0 atom stereocenters. The van der Waals surface area contributed by atoms with Gasteiger partial charge in [0.1, 0.15) is 0 Å². The van der Waals surface area contributed by atoms with Gasteiger partial charge in [0.05, 0.1) is 6.54 Å². The number of amides is 2. The lowest BCUT2D eigenvalue weighted by molar-refractivity contribution is -0.134. The van der Waals surface area contributed by atoms with Gasteiger partial charge in [0.2, 0.25) is 11.8 Å². The van der Waals surface area contributed by atoms with Gasteiger partial charge in [-0.2, -0.15) is 0 Å². The molecule has 1 rings (SSSR count). The monoisotopic (exact) mass is 182 g/mol. The molecule has 0 aromatic carbocycles. The average molecular weight is 182 g/mol. The Morgan fingerprint density at radius 1 is 1.69 bits per heavy atom. The number of nitrogens with zero attached hydrogens (tertiary/aromatic N) is 1. The second-order valence-corrected chi connectivity index (χ2v) is 3.01. The van der Waals surface area contributed by atoms with Crippen LogP contribution < -0.4 is 5.32 Å². The summed E-state index contributed by atoms with van der Waals surface area (Å²) in [4.78, 5) is 24.0. The molecule has 1 fully saturated rings. The van der Waals surface area contributed by atoms with E-state index in [1.807, 2.05) is 0 Å². The molecule has 13 heavy (non-hydrogen) atoms. The lowest BCUT2D eigenvalue weighted by Gasteiger charge is -2.17. The highest BCUT2D eigenvalue weighted by molar-refractivity contribution is 5.85. The summed E-state index contributed by atoms with van der Waals surface area (Å²) in [6, 6.07) is 0. The third kappa shape index (κ3) is 2.89. The van der Waals surface area contributed by atoms with E-state index in [-0.39, 0.29) is 18.4 Å². The highest BCUT2D eigenvalue weighted by atomic mass is 16.2. The van der Waals surface area contributed by atoms with Crippen LogP contribution in [0.4, 0.5) is 0 Å². The summed E-state index contributed by atoms with van der Waals surface area (Å²) in [6.07, 6.45) is 2.70. The first kappa shape index (κ1) is 9.77. The highest BCUT2D eigenvalue weighted by Crippen LogP contribution is 1.99. The molecule has 0 unspecified atom stereocenters. The largest absolute Gasteiger partial charge is 0.354 e.